The minimum atomic E-state index is -1.91. The monoisotopic (exact) mass is 421 g/mol. The molecular weight excluding hydrogens is 412 g/mol. The third-order valence-corrected chi connectivity index (χ3v) is 4.08. The Bertz CT molecular complexity index is 796. The van der Waals surface area contributed by atoms with E-state index < -0.39 is 20.8 Å². The zero-order valence-corrected chi connectivity index (χ0v) is 15.4. The zero-order valence-electron chi connectivity index (χ0n) is 12.4. The number of benzene rings is 2. The molecular formula is C15H11Cl4N3O3. The number of nitrogens with zero attached hydrogens (tertiary/aromatic N) is 1. The van der Waals surface area contributed by atoms with Gasteiger partial charge in [0.05, 0.1) is 15.6 Å². The molecule has 132 valence electrons. The second-order valence-electron chi connectivity index (χ2n) is 4.88. The van der Waals surface area contributed by atoms with Crippen LogP contribution < -0.4 is 10.6 Å². The first-order valence-electron chi connectivity index (χ1n) is 6.81. The molecule has 2 rings (SSSR count). The lowest BCUT2D eigenvalue weighted by atomic mass is 10.2. The van der Waals surface area contributed by atoms with Gasteiger partial charge in [-0.25, -0.2) is 0 Å². The topological polar surface area (TPSA) is 84.3 Å². The Morgan fingerprint density at radius 2 is 1.80 bits per heavy atom. The lowest BCUT2D eigenvalue weighted by Gasteiger charge is -2.27. The van der Waals surface area contributed by atoms with Crippen molar-refractivity contribution in [1.82, 2.24) is 5.32 Å². The van der Waals surface area contributed by atoms with Crippen molar-refractivity contribution >= 4 is 63.7 Å². The van der Waals surface area contributed by atoms with Crippen LogP contribution in [0, 0.1) is 10.1 Å². The van der Waals surface area contributed by atoms with Crippen molar-refractivity contribution in [3.8, 4) is 0 Å². The molecule has 2 aromatic carbocycles. The summed E-state index contributed by atoms with van der Waals surface area (Å²) in [5.74, 6) is -0.653. The van der Waals surface area contributed by atoms with E-state index in [9.17, 15) is 14.9 Å². The van der Waals surface area contributed by atoms with E-state index in [-0.39, 0.29) is 11.3 Å². The molecule has 0 heterocycles. The van der Waals surface area contributed by atoms with Crippen molar-refractivity contribution in [2.75, 3.05) is 5.32 Å². The summed E-state index contributed by atoms with van der Waals surface area (Å²) in [5, 5.41) is 16.5. The summed E-state index contributed by atoms with van der Waals surface area (Å²) >= 11 is 23.8. The van der Waals surface area contributed by atoms with Gasteiger partial charge < -0.3 is 10.6 Å². The smallest absolute Gasteiger partial charge is 0.270 e. The summed E-state index contributed by atoms with van der Waals surface area (Å²) < 4.78 is -1.91. The normalized spacial score (nSPS) is 12.3. The summed E-state index contributed by atoms with van der Waals surface area (Å²) in [6, 6.07) is 11.9. The Morgan fingerprint density at radius 3 is 2.40 bits per heavy atom. The number of para-hydroxylation sites is 1. The summed E-state index contributed by atoms with van der Waals surface area (Å²) in [5.41, 5.74) is 0.270. The maximum Gasteiger partial charge on any atom is 0.270 e. The van der Waals surface area contributed by atoms with Crippen molar-refractivity contribution in [2.24, 2.45) is 0 Å². The molecule has 0 aliphatic heterocycles. The number of rotatable bonds is 5. The number of hydrogen-bond donors (Lipinski definition) is 2. The molecule has 0 unspecified atom stereocenters. The minimum absolute atomic E-state index is 0.0504. The van der Waals surface area contributed by atoms with Crippen LogP contribution in [0.1, 0.15) is 10.4 Å². The van der Waals surface area contributed by atoms with Gasteiger partial charge in [0.1, 0.15) is 6.17 Å². The molecule has 0 aliphatic carbocycles. The van der Waals surface area contributed by atoms with E-state index in [0.29, 0.717) is 10.7 Å². The average Bonchev–Trinajstić information content (AvgIpc) is 2.55. The predicted molar refractivity (Wildman–Crippen MR) is 99.7 cm³/mol. The van der Waals surface area contributed by atoms with Gasteiger partial charge in [-0.1, -0.05) is 64.6 Å². The van der Waals surface area contributed by atoms with Crippen LogP contribution >= 0.6 is 46.4 Å². The maximum absolute atomic E-state index is 12.4. The molecule has 2 N–H and O–H groups in total. The molecule has 0 spiro atoms. The third-order valence-electron chi connectivity index (χ3n) is 3.10. The van der Waals surface area contributed by atoms with Crippen LogP contribution in [0.5, 0.6) is 0 Å². The third kappa shape index (κ3) is 5.37. The highest BCUT2D eigenvalue weighted by Gasteiger charge is 2.34. The molecule has 6 nitrogen and oxygen atoms in total. The molecule has 0 saturated heterocycles. The van der Waals surface area contributed by atoms with E-state index in [2.05, 4.69) is 10.6 Å². The zero-order chi connectivity index (χ0) is 18.6. The van der Waals surface area contributed by atoms with Crippen LogP contribution in [-0.2, 0) is 0 Å². The van der Waals surface area contributed by atoms with Crippen molar-refractivity contribution in [3.63, 3.8) is 0 Å². The number of nitrogens with one attached hydrogen (secondary N) is 2. The van der Waals surface area contributed by atoms with Gasteiger partial charge in [-0.3, -0.25) is 14.9 Å². The van der Waals surface area contributed by atoms with Crippen molar-refractivity contribution in [1.29, 1.82) is 0 Å². The Kier molecular flexibility index (Phi) is 6.35. The van der Waals surface area contributed by atoms with Crippen LogP contribution in [0.25, 0.3) is 0 Å². The number of alkyl halides is 3. The van der Waals surface area contributed by atoms with Crippen LogP contribution in [-0.4, -0.2) is 20.8 Å². The fourth-order valence-electron chi connectivity index (χ4n) is 1.91. The standard InChI is InChI=1S/C15H11Cl4N3O3/c16-11-6-1-2-7-12(11)20-14(15(17,18)19)21-13(23)9-4-3-5-10(8-9)22(24)25/h1-8,14,20H,(H,21,23)/t14-/m1/s1. The van der Waals surface area contributed by atoms with Crippen LogP contribution in [0.4, 0.5) is 11.4 Å². The highest BCUT2D eigenvalue weighted by Crippen LogP contribution is 2.33. The number of nitro groups is 1. The molecule has 0 aliphatic rings. The molecule has 2 aromatic rings. The van der Waals surface area contributed by atoms with Gasteiger partial charge in [-0.05, 0) is 18.2 Å². The highest BCUT2D eigenvalue weighted by molar-refractivity contribution is 6.68. The first-order chi connectivity index (χ1) is 11.7. The van der Waals surface area contributed by atoms with Crippen LogP contribution in [0.3, 0.4) is 0 Å². The van der Waals surface area contributed by atoms with Gasteiger partial charge in [0, 0.05) is 17.7 Å². The van der Waals surface area contributed by atoms with Crippen molar-refractivity contribution < 1.29 is 9.72 Å². The summed E-state index contributed by atoms with van der Waals surface area (Å²) in [6.07, 6.45) is -1.14. The number of hydrogen-bond acceptors (Lipinski definition) is 4. The lowest BCUT2D eigenvalue weighted by molar-refractivity contribution is -0.384. The van der Waals surface area contributed by atoms with E-state index in [0.717, 1.165) is 6.07 Å². The highest BCUT2D eigenvalue weighted by atomic mass is 35.6. The number of halogens is 4. The molecule has 0 bridgehead atoms. The Hall–Kier alpha value is -1.73. The fraction of sp³-hybridized carbons (Fsp3) is 0.133. The predicted octanol–water partition coefficient (Wildman–Crippen LogP) is 4.79. The SMILES string of the molecule is O=C(N[C@@H](Nc1ccccc1Cl)C(Cl)(Cl)Cl)c1cccc([N+](=O)[O-])c1. The molecule has 1 atom stereocenters. The molecule has 0 saturated carbocycles. The van der Waals surface area contributed by atoms with E-state index in [1.165, 1.54) is 18.2 Å². The van der Waals surface area contributed by atoms with Gasteiger partial charge in [0.25, 0.3) is 11.6 Å². The first kappa shape index (κ1) is 19.6. The van der Waals surface area contributed by atoms with Crippen molar-refractivity contribution in [2.45, 2.75) is 9.96 Å². The average molecular weight is 423 g/mol. The largest absolute Gasteiger partial charge is 0.361 e. The van der Waals surface area contributed by atoms with Crippen LogP contribution in [0.2, 0.25) is 5.02 Å². The van der Waals surface area contributed by atoms with E-state index in [1.807, 2.05) is 0 Å². The molecule has 25 heavy (non-hydrogen) atoms. The van der Waals surface area contributed by atoms with Gasteiger partial charge in [0.15, 0.2) is 0 Å². The number of carbonyl (C=O) groups is 1. The summed E-state index contributed by atoms with van der Waals surface area (Å²) in [6.45, 7) is 0. The summed E-state index contributed by atoms with van der Waals surface area (Å²) in [4.78, 5) is 22.6. The number of amides is 1. The minimum Gasteiger partial charge on any atom is -0.361 e. The number of nitro benzene ring substituents is 1. The fourth-order valence-corrected chi connectivity index (χ4v) is 2.43. The first-order valence-corrected chi connectivity index (χ1v) is 8.33. The molecule has 10 heteroatoms. The maximum atomic E-state index is 12.4. The van der Waals surface area contributed by atoms with E-state index in [4.69, 9.17) is 46.4 Å². The quantitative estimate of drug-likeness (QED) is 0.314. The Labute approximate surface area is 163 Å². The molecule has 0 radical (unpaired) electrons. The van der Waals surface area contributed by atoms with Gasteiger partial charge >= 0.3 is 0 Å². The Balaban J connectivity index is 2.23. The van der Waals surface area contributed by atoms with Crippen molar-refractivity contribution in [3.05, 3.63) is 69.2 Å². The van der Waals surface area contributed by atoms with Gasteiger partial charge in [-0.15, -0.1) is 0 Å². The Morgan fingerprint density at radius 1 is 1.12 bits per heavy atom. The van der Waals surface area contributed by atoms with Gasteiger partial charge in [0.2, 0.25) is 3.79 Å². The van der Waals surface area contributed by atoms with E-state index in [1.54, 1.807) is 24.3 Å². The second-order valence-corrected chi connectivity index (χ2v) is 7.66. The number of non-ortho nitro benzene ring substituents is 1. The molecule has 0 fully saturated rings. The number of carbonyl (C=O) groups excluding carboxylic acids is 1. The van der Waals surface area contributed by atoms with Gasteiger partial charge in [-0.2, -0.15) is 0 Å². The second kappa shape index (κ2) is 8.10. The van der Waals surface area contributed by atoms with E-state index >= 15 is 0 Å². The lowest BCUT2D eigenvalue weighted by Crippen LogP contribution is -2.49. The van der Waals surface area contributed by atoms with Crippen LogP contribution in [0.15, 0.2) is 48.5 Å². The number of anilines is 1. The molecule has 0 aromatic heterocycles. The molecule has 1 amide bonds. The summed E-state index contributed by atoms with van der Waals surface area (Å²) in [7, 11) is 0.